The summed E-state index contributed by atoms with van der Waals surface area (Å²) < 4.78 is 35.9. The molecule has 0 spiro atoms. The first-order valence-electron chi connectivity index (χ1n) is 12.9. The normalized spacial score (nSPS) is 31.0. The van der Waals surface area contributed by atoms with E-state index < -0.39 is 24.0 Å². The van der Waals surface area contributed by atoms with Gasteiger partial charge < -0.3 is 30.8 Å². The van der Waals surface area contributed by atoms with Crippen molar-refractivity contribution in [2.24, 2.45) is 16.8 Å². The number of aliphatic hydroxyl groups excluding tert-OH is 1. The second kappa shape index (κ2) is 10.7. The molecule has 3 fully saturated rings. The average molecular weight is 548 g/mol. The van der Waals surface area contributed by atoms with Crippen molar-refractivity contribution >= 4 is 28.9 Å². The quantitative estimate of drug-likeness (QED) is 0.436. The van der Waals surface area contributed by atoms with Crippen molar-refractivity contribution in [1.82, 2.24) is 15.5 Å². The number of hydrogen-bond acceptors (Lipinski definition) is 7. The van der Waals surface area contributed by atoms with Crippen LogP contribution in [0.1, 0.15) is 43.5 Å². The Bertz CT molecular complexity index is 1250. The molecule has 5 rings (SSSR count). The zero-order valence-corrected chi connectivity index (χ0v) is 22.1. The molecule has 1 saturated heterocycles. The van der Waals surface area contributed by atoms with Crippen molar-refractivity contribution in [3.05, 3.63) is 51.7 Å². The van der Waals surface area contributed by atoms with Crippen LogP contribution in [-0.4, -0.2) is 71.9 Å². The van der Waals surface area contributed by atoms with Crippen molar-refractivity contribution in [3.63, 3.8) is 0 Å². The molecule has 2 heterocycles. The van der Waals surface area contributed by atoms with Gasteiger partial charge in [-0.25, -0.2) is 13.8 Å². The lowest BCUT2D eigenvalue weighted by molar-refractivity contribution is 0.00604. The predicted octanol–water partition coefficient (Wildman–Crippen LogP) is 3.51. The number of benzene rings is 1. The number of halogens is 3. The monoisotopic (exact) mass is 547 g/mol. The third-order valence-electron chi connectivity index (χ3n) is 7.95. The van der Waals surface area contributed by atoms with Crippen LogP contribution in [0.2, 0.25) is 0 Å². The molecular formula is C27H32ClF2N5O3. The molecule has 3 unspecified atom stereocenters. The van der Waals surface area contributed by atoms with Crippen LogP contribution in [0.3, 0.4) is 0 Å². The predicted molar refractivity (Wildman–Crippen MR) is 141 cm³/mol. The number of rotatable bonds is 6. The van der Waals surface area contributed by atoms with Crippen molar-refractivity contribution in [2.45, 2.75) is 51.4 Å². The summed E-state index contributed by atoms with van der Waals surface area (Å²) in [6.07, 6.45) is -0.0764. The van der Waals surface area contributed by atoms with E-state index in [1.165, 1.54) is 17.0 Å². The molecule has 8 nitrogen and oxygen atoms in total. The topological polar surface area (TPSA) is 110 Å². The second-order valence-electron chi connectivity index (χ2n) is 10.4. The smallest absolute Gasteiger partial charge is 0.258 e. The number of aliphatic hydroxyl groups is 1. The highest BCUT2D eigenvalue weighted by atomic mass is 35.5. The molecule has 4 aliphatic rings. The molecule has 11 heteroatoms. The van der Waals surface area contributed by atoms with Crippen molar-refractivity contribution in [2.75, 3.05) is 26.2 Å². The fourth-order valence-electron chi connectivity index (χ4n) is 6.09. The molecule has 2 aliphatic carbocycles. The van der Waals surface area contributed by atoms with Gasteiger partial charge in [0.2, 0.25) is 0 Å². The van der Waals surface area contributed by atoms with Crippen LogP contribution < -0.4 is 15.4 Å². The highest BCUT2D eigenvalue weighted by Gasteiger charge is 2.50. The number of aliphatic imine (C=N–C) groups is 1. The number of fused-ring (bicyclic) bond motifs is 2. The van der Waals surface area contributed by atoms with E-state index in [2.05, 4.69) is 15.6 Å². The zero-order valence-electron chi connectivity index (χ0n) is 21.4. The molecule has 1 amide bonds. The number of nitrogens with one attached hydrogen (secondary N) is 3. The molecule has 1 aromatic rings. The molecule has 5 atom stereocenters. The Balaban J connectivity index is 1.35. The van der Waals surface area contributed by atoms with Gasteiger partial charge in [0.05, 0.1) is 41.7 Å². The van der Waals surface area contributed by atoms with E-state index in [0.717, 1.165) is 12.5 Å². The number of amides is 1. The molecule has 2 bridgehead atoms. The van der Waals surface area contributed by atoms with Crippen LogP contribution in [0.4, 0.5) is 8.78 Å². The van der Waals surface area contributed by atoms with Gasteiger partial charge in [-0.05, 0) is 51.2 Å². The Hall–Kier alpha value is -2.82. The van der Waals surface area contributed by atoms with Crippen LogP contribution in [0.25, 0.3) is 0 Å². The summed E-state index contributed by atoms with van der Waals surface area (Å²) >= 11 is 6.22. The number of hydrogen-bond donors (Lipinski definition) is 4. The lowest BCUT2D eigenvalue weighted by atomic mass is 9.80. The van der Waals surface area contributed by atoms with Gasteiger partial charge in [0.15, 0.2) is 0 Å². The summed E-state index contributed by atoms with van der Waals surface area (Å²) in [4.78, 5) is 19.5. The summed E-state index contributed by atoms with van der Waals surface area (Å²) in [6, 6.07) is 3.64. The second-order valence-corrected chi connectivity index (χ2v) is 10.8. The number of carbonyl (C=O) groups is 1. The first-order chi connectivity index (χ1) is 18.2. The molecular weight excluding hydrogens is 516 g/mol. The van der Waals surface area contributed by atoms with Gasteiger partial charge in [0.1, 0.15) is 29.7 Å². The van der Waals surface area contributed by atoms with Crippen LogP contribution in [0.5, 0.6) is 5.75 Å². The number of ether oxygens (including phenoxy) is 1. The third kappa shape index (κ3) is 4.97. The van der Waals surface area contributed by atoms with Gasteiger partial charge in [-0.2, -0.15) is 0 Å². The number of allylic oxidation sites excluding steroid dienone is 2. The van der Waals surface area contributed by atoms with Crippen molar-refractivity contribution < 1.29 is 23.4 Å². The Kier molecular flexibility index (Phi) is 7.57. The molecule has 0 radical (unpaired) electrons. The first kappa shape index (κ1) is 26.8. The van der Waals surface area contributed by atoms with Crippen molar-refractivity contribution in [1.29, 1.82) is 5.41 Å². The summed E-state index contributed by atoms with van der Waals surface area (Å²) in [5.74, 6) is -0.611. The first-order valence-corrected chi connectivity index (χ1v) is 13.3. The number of alkyl halides is 1. The Morgan fingerprint density at radius 3 is 2.87 bits per heavy atom. The molecule has 4 N–H and O–H groups in total. The van der Waals surface area contributed by atoms with Gasteiger partial charge in [0, 0.05) is 35.8 Å². The van der Waals surface area contributed by atoms with Gasteiger partial charge in [-0.1, -0.05) is 11.6 Å². The SMILES string of the molecule is CC1=N/C(=C2\CN(C(=O)c3ccc(F)cc3O[C@H]3CC4CC[C@H](C4NCCO)C3F)CC2=N)NC(C)=C1Cl. The van der Waals surface area contributed by atoms with E-state index >= 15 is 4.39 Å². The van der Waals surface area contributed by atoms with E-state index in [1.807, 2.05) is 6.92 Å². The van der Waals surface area contributed by atoms with Gasteiger partial charge in [-0.3, -0.25) is 4.79 Å². The Labute approximate surface area is 225 Å². The van der Waals surface area contributed by atoms with E-state index in [1.54, 1.807) is 6.92 Å². The molecule has 2 aliphatic heterocycles. The Morgan fingerprint density at radius 2 is 2.13 bits per heavy atom. The number of nitrogens with zero attached hydrogens (tertiary/aromatic N) is 2. The maximum atomic E-state index is 15.6. The van der Waals surface area contributed by atoms with E-state index in [9.17, 15) is 9.18 Å². The maximum absolute atomic E-state index is 15.6. The standard InChI is InChI=1S/C27H32ClF2N5O3/c1-13-23(28)14(2)34-26(33-13)19-11-35(12-20(19)31)27(37)17-6-4-16(29)10-21(17)38-22-9-15-3-5-18(24(22)30)25(15)32-7-8-36/h4,6,10,15,18,22,24-25,31-33,36H,3,5,7-9,11-12H2,1-2H3/b26-19+,31-20?/t15?,18-,22-,24?,25?/m0/s1. The Morgan fingerprint density at radius 1 is 1.34 bits per heavy atom. The third-order valence-corrected chi connectivity index (χ3v) is 8.51. The minimum atomic E-state index is -1.28. The number of likely N-dealkylation sites (tertiary alicyclic amines) is 1. The van der Waals surface area contributed by atoms with Gasteiger partial charge in [0.25, 0.3) is 5.91 Å². The van der Waals surface area contributed by atoms with Gasteiger partial charge >= 0.3 is 0 Å². The lowest BCUT2D eigenvalue weighted by Gasteiger charge is -2.38. The average Bonchev–Trinajstić information content (AvgIpc) is 3.43. The highest BCUT2D eigenvalue weighted by Crippen LogP contribution is 2.45. The maximum Gasteiger partial charge on any atom is 0.258 e. The molecule has 204 valence electrons. The fraction of sp³-hybridized carbons (Fsp3) is 0.519. The number of carbonyl (C=O) groups excluding carboxylic acids is 1. The van der Waals surface area contributed by atoms with E-state index in [-0.39, 0.29) is 54.6 Å². The van der Waals surface area contributed by atoms with Crippen LogP contribution in [-0.2, 0) is 0 Å². The minimum Gasteiger partial charge on any atom is -0.486 e. The van der Waals surface area contributed by atoms with E-state index in [4.69, 9.17) is 26.9 Å². The zero-order chi connectivity index (χ0) is 27.1. The highest BCUT2D eigenvalue weighted by molar-refractivity contribution is 6.43. The lowest BCUT2D eigenvalue weighted by Crippen LogP contribution is -2.52. The summed E-state index contributed by atoms with van der Waals surface area (Å²) in [5, 5.41) is 24.5. The summed E-state index contributed by atoms with van der Waals surface area (Å²) in [6.45, 7) is 4.17. The molecule has 1 aromatic carbocycles. The van der Waals surface area contributed by atoms with E-state index in [0.29, 0.717) is 47.2 Å². The largest absolute Gasteiger partial charge is 0.486 e. The molecule has 0 aromatic heterocycles. The summed E-state index contributed by atoms with van der Waals surface area (Å²) in [5.41, 5.74) is 2.26. The van der Waals surface area contributed by atoms with Crippen molar-refractivity contribution in [3.8, 4) is 5.75 Å². The van der Waals surface area contributed by atoms with Crippen LogP contribution in [0.15, 0.2) is 45.3 Å². The van der Waals surface area contributed by atoms with Crippen LogP contribution >= 0.6 is 11.6 Å². The van der Waals surface area contributed by atoms with Gasteiger partial charge in [-0.15, -0.1) is 0 Å². The fourth-order valence-corrected chi connectivity index (χ4v) is 6.18. The molecule has 2 saturated carbocycles. The minimum absolute atomic E-state index is 0.00617. The van der Waals surface area contributed by atoms with Crippen LogP contribution in [0, 0.1) is 23.1 Å². The summed E-state index contributed by atoms with van der Waals surface area (Å²) in [7, 11) is 0. The molecule has 38 heavy (non-hydrogen) atoms.